The molecule has 0 saturated carbocycles. The number of carbonyl (C=O) groups is 2. The van der Waals surface area contributed by atoms with E-state index in [1.54, 1.807) is 7.11 Å². The predicted octanol–water partition coefficient (Wildman–Crippen LogP) is 2.79. The molecule has 1 atom stereocenters. The second kappa shape index (κ2) is 7.51. The molecule has 2 aliphatic rings. The van der Waals surface area contributed by atoms with Gasteiger partial charge in [-0.3, -0.25) is 14.6 Å². The fourth-order valence-corrected chi connectivity index (χ4v) is 4.77. The van der Waals surface area contributed by atoms with Gasteiger partial charge in [-0.15, -0.1) is 0 Å². The molecule has 0 bridgehead atoms. The first kappa shape index (κ1) is 18.9. The maximum absolute atomic E-state index is 13.7. The number of pyridine rings is 1. The summed E-state index contributed by atoms with van der Waals surface area (Å²) >= 11 is 0. The molecule has 0 aliphatic carbocycles. The molecule has 0 N–H and O–H groups in total. The Hall–Kier alpha value is -2.47. The average molecular weight is 381 g/mol. The predicted molar refractivity (Wildman–Crippen MR) is 107 cm³/mol. The summed E-state index contributed by atoms with van der Waals surface area (Å²) in [5.74, 6) is 0.0258. The Kier molecular flexibility index (Phi) is 5.06. The largest absolute Gasteiger partial charge is 0.383 e. The van der Waals surface area contributed by atoms with E-state index in [1.807, 2.05) is 47.1 Å². The summed E-state index contributed by atoms with van der Waals surface area (Å²) in [6, 6.07) is 9.57. The zero-order valence-corrected chi connectivity index (χ0v) is 16.6. The fraction of sp³-hybridized carbons (Fsp3) is 0.500. The van der Waals surface area contributed by atoms with Crippen molar-refractivity contribution in [3.8, 4) is 0 Å². The normalized spacial score (nSPS) is 22.4. The number of nitrogens with zero attached hydrogens (tertiary/aromatic N) is 3. The maximum atomic E-state index is 13.7. The minimum absolute atomic E-state index is 0.0545. The molecule has 28 heavy (non-hydrogen) atoms. The molecular weight excluding hydrogens is 354 g/mol. The van der Waals surface area contributed by atoms with Gasteiger partial charge in [0.15, 0.2) is 0 Å². The van der Waals surface area contributed by atoms with E-state index in [0.717, 1.165) is 48.8 Å². The van der Waals surface area contributed by atoms with Gasteiger partial charge in [0, 0.05) is 37.8 Å². The third-order valence-corrected chi connectivity index (χ3v) is 6.08. The van der Waals surface area contributed by atoms with Gasteiger partial charge in [0.2, 0.25) is 5.91 Å². The Balaban J connectivity index is 1.71. The summed E-state index contributed by atoms with van der Waals surface area (Å²) in [6.45, 7) is 4.36. The highest BCUT2D eigenvalue weighted by molar-refractivity contribution is 6.08. The lowest BCUT2D eigenvalue weighted by atomic mass is 9.85. The number of aryl methyl sites for hydroxylation is 1. The first-order chi connectivity index (χ1) is 13.6. The minimum Gasteiger partial charge on any atom is -0.383 e. The SMILES string of the molecule is COCCN1CCCC2(CCCN2C(=O)c2cc(C)nc3ccccc23)C1=O. The van der Waals surface area contributed by atoms with Crippen molar-refractivity contribution in [2.24, 2.45) is 0 Å². The van der Waals surface area contributed by atoms with Crippen molar-refractivity contribution in [3.63, 3.8) is 0 Å². The second-order valence-corrected chi connectivity index (χ2v) is 7.81. The Morgan fingerprint density at radius 1 is 1.21 bits per heavy atom. The summed E-state index contributed by atoms with van der Waals surface area (Å²) < 4.78 is 5.17. The van der Waals surface area contributed by atoms with Crippen molar-refractivity contribution in [3.05, 3.63) is 41.6 Å². The van der Waals surface area contributed by atoms with E-state index in [0.29, 0.717) is 25.3 Å². The molecule has 2 saturated heterocycles. The smallest absolute Gasteiger partial charge is 0.255 e. The molecule has 2 fully saturated rings. The number of carbonyl (C=O) groups excluding carboxylic acids is 2. The molecule has 1 spiro atoms. The number of para-hydroxylation sites is 1. The van der Waals surface area contributed by atoms with E-state index >= 15 is 0 Å². The number of methoxy groups -OCH3 is 1. The number of amides is 2. The number of rotatable bonds is 4. The Morgan fingerprint density at radius 2 is 1.96 bits per heavy atom. The molecule has 2 aromatic rings. The van der Waals surface area contributed by atoms with Gasteiger partial charge in [-0.1, -0.05) is 18.2 Å². The van der Waals surface area contributed by atoms with Crippen molar-refractivity contribution in [1.82, 2.24) is 14.8 Å². The molecule has 2 aliphatic heterocycles. The van der Waals surface area contributed by atoms with E-state index in [2.05, 4.69) is 4.98 Å². The molecule has 1 unspecified atom stereocenters. The molecule has 0 radical (unpaired) electrons. The number of ether oxygens (including phenoxy) is 1. The van der Waals surface area contributed by atoms with Crippen LogP contribution in [0.1, 0.15) is 41.7 Å². The van der Waals surface area contributed by atoms with Crippen LogP contribution in [0.4, 0.5) is 0 Å². The van der Waals surface area contributed by atoms with Crippen LogP contribution in [0.5, 0.6) is 0 Å². The van der Waals surface area contributed by atoms with Crippen LogP contribution < -0.4 is 0 Å². The summed E-state index contributed by atoms with van der Waals surface area (Å²) in [7, 11) is 1.65. The van der Waals surface area contributed by atoms with Gasteiger partial charge < -0.3 is 14.5 Å². The number of fused-ring (bicyclic) bond motifs is 1. The van der Waals surface area contributed by atoms with Crippen LogP contribution in [0.3, 0.4) is 0 Å². The molecule has 2 amide bonds. The fourth-order valence-electron chi connectivity index (χ4n) is 4.77. The van der Waals surface area contributed by atoms with Gasteiger partial charge in [-0.2, -0.15) is 0 Å². The summed E-state index contributed by atoms with van der Waals surface area (Å²) in [5.41, 5.74) is 1.57. The lowest BCUT2D eigenvalue weighted by Gasteiger charge is -2.44. The number of likely N-dealkylation sites (tertiary alicyclic amines) is 2. The standard InChI is InChI=1S/C22H27N3O3/c1-16-15-18(17-7-3-4-8-19(17)23-16)20(26)25-12-6-10-22(25)9-5-11-24(21(22)27)13-14-28-2/h3-4,7-8,15H,5-6,9-14H2,1-2H3. The number of hydrogen-bond acceptors (Lipinski definition) is 4. The molecule has 6 heteroatoms. The first-order valence-electron chi connectivity index (χ1n) is 10.0. The summed E-state index contributed by atoms with van der Waals surface area (Å²) in [6.07, 6.45) is 3.25. The number of benzene rings is 1. The maximum Gasteiger partial charge on any atom is 0.255 e. The van der Waals surface area contributed by atoms with Crippen molar-refractivity contribution < 1.29 is 14.3 Å². The third kappa shape index (κ3) is 3.05. The van der Waals surface area contributed by atoms with Crippen LogP contribution in [-0.2, 0) is 9.53 Å². The van der Waals surface area contributed by atoms with E-state index in [1.165, 1.54) is 0 Å². The Labute approximate surface area is 165 Å². The lowest BCUT2D eigenvalue weighted by Crippen LogP contribution is -2.61. The second-order valence-electron chi connectivity index (χ2n) is 7.81. The van der Waals surface area contributed by atoms with Gasteiger partial charge in [0.1, 0.15) is 5.54 Å². The van der Waals surface area contributed by atoms with E-state index < -0.39 is 5.54 Å². The van der Waals surface area contributed by atoms with Crippen LogP contribution in [0.25, 0.3) is 10.9 Å². The van der Waals surface area contributed by atoms with E-state index in [4.69, 9.17) is 4.74 Å². The highest BCUT2D eigenvalue weighted by Crippen LogP contribution is 2.39. The van der Waals surface area contributed by atoms with Gasteiger partial charge in [0.25, 0.3) is 5.91 Å². The van der Waals surface area contributed by atoms with Crippen LogP contribution in [0, 0.1) is 6.92 Å². The van der Waals surface area contributed by atoms with Crippen LogP contribution in [-0.4, -0.2) is 65.5 Å². The Bertz CT molecular complexity index is 913. The molecular formula is C22H27N3O3. The number of hydrogen-bond donors (Lipinski definition) is 0. The quantitative estimate of drug-likeness (QED) is 0.817. The molecule has 6 nitrogen and oxygen atoms in total. The highest BCUT2D eigenvalue weighted by Gasteiger charge is 2.52. The van der Waals surface area contributed by atoms with E-state index in [-0.39, 0.29) is 11.8 Å². The topological polar surface area (TPSA) is 62.7 Å². The lowest BCUT2D eigenvalue weighted by molar-refractivity contribution is -0.146. The monoisotopic (exact) mass is 381 g/mol. The molecule has 4 rings (SSSR count). The molecule has 1 aromatic carbocycles. The number of aromatic nitrogens is 1. The van der Waals surface area contributed by atoms with Crippen molar-refractivity contribution in [2.75, 3.05) is 33.4 Å². The van der Waals surface area contributed by atoms with Crippen molar-refractivity contribution >= 4 is 22.7 Å². The molecule has 1 aromatic heterocycles. The molecule has 3 heterocycles. The number of piperidine rings is 1. The zero-order valence-electron chi connectivity index (χ0n) is 16.6. The van der Waals surface area contributed by atoms with Crippen LogP contribution >= 0.6 is 0 Å². The zero-order chi connectivity index (χ0) is 19.7. The summed E-state index contributed by atoms with van der Waals surface area (Å²) in [4.78, 5) is 35.3. The van der Waals surface area contributed by atoms with Gasteiger partial charge in [-0.05, 0) is 44.7 Å². The van der Waals surface area contributed by atoms with Crippen LogP contribution in [0.15, 0.2) is 30.3 Å². The average Bonchev–Trinajstić information content (AvgIpc) is 3.12. The van der Waals surface area contributed by atoms with Gasteiger partial charge in [0.05, 0.1) is 17.7 Å². The summed E-state index contributed by atoms with van der Waals surface area (Å²) in [5, 5.41) is 0.847. The Morgan fingerprint density at radius 3 is 2.75 bits per heavy atom. The first-order valence-corrected chi connectivity index (χ1v) is 10.0. The third-order valence-electron chi connectivity index (χ3n) is 6.08. The highest BCUT2D eigenvalue weighted by atomic mass is 16.5. The minimum atomic E-state index is -0.707. The van der Waals surface area contributed by atoms with E-state index in [9.17, 15) is 9.59 Å². The van der Waals surface area contributed by atoms with Crippen molar-refractivity contribution in [2.45, 2.75) is 38.1 Å². The molecule has 148 valence electrons. The van der Waals surface area contributed by atoms with Crippen molar-refractivity contribution in [1.29, 1.82) is 0 Å². The van der Waals surface area contributed by atoms with Crippen LogP contribution in [0.2, 0.25) is 0 Å². The van der Waals surface area contributed by atoms with Gasteiger partial charge >= 0.3 is 0 Å². The van der Waals surface area contributed by atoms with Gasteiger partial charge in [-0.25, -0.2) is 0 Å².